The first-order chi connectivity index (χ1) is 15.2. The van der Waals surface area contributed by atoms with Crippen molar-refractivity contribution in [3.63, 3.8) is 0 Å². The van der Waals surface area contributed by atoms with Gasteiger partial charge >= 0.3 is 0 Å². The maximum Gasteiger partial charge on any atom is 0.0992 e. The predicted molar refractivity (Wildman–Crippen MR) is 122 cm³/mol. The first-order valence-electron chi connectivity index (χ1n) is 11.9. The van der Waals surface area contributed by atoms with Crippen LogP contribution in [0.15, 0.2) is 34.8 Å². The van der Waals surface area contributed by atoms with Gasteiger partial charge in [-0.15, -0.1) is 0 Å². The molecule has 3 heterocycles. The maximum absolute atomic E-state index is 6.03. The molecule has 1 spiro atoms. The molecule has 0 bridgehead atoms. The van der Waals surface area contributed by atoms with Crippen LogP contribution in [0.2, 0.25) is 0 Å². The van der Waals surface area contributed by atoms with Crippen molar-refractivity contribution in [2.75, 3.05) is 46.1 Å². The van der Waals surface area contributed by atoms with E-state index >= 15 is 0 Å². The number of aromatic amines is 1. The summed E-state index contributed by atoms with van der Waals surface area (Å²) in [6.45, 7) is 8.83. The van der Waals surface area contributed by atoms with Crippen LogP contribution in [0.25, 0.3) is 11.8 Å². The number of aromatic nitrogens is 1. The van der Waals surface area contributed by atoms with Gasteiger partial charge in [0.15, 0.2) is 0 Å². The molecule has 0 amide bonds. The van der Waals surface area contributed by atoms with E-state index in [4.69, 9.17) is 4.74 Å². The first-order valence-corrected chi connectivity index (χ1v) is 11.9. The molecule has 1 saturated carbocycles. The third-order valence-corrected chi connectivity index (χ3v) is 7.11. The summed E-state index contributed by atoms with van der Waals surface area (Å²) in [4.78, 5) is 8.71. The van der Waals surface area contributed by atoms with Crippen molar-refractivity contribution in [3.8, 4) is 0 Å². The molecule has 0 aromatic carbocycles. The lowest BCUT2D eigenvalue weighted by atomic mass is 10.0. The Labute approximate surface area is 184 Å². The second-order valence-corrected chi connectivity index (χ2v) is 9.86. The minimum absolute atomic E-state index is 0.232. The monoisotopic (exact) mass is 424 g/mol. The smallest absolute Gasteiger partial charge is 0.0992 e. The van der Waals surface area contributed by atoms with Gasteiger partial charge in [0.05, 0.1) is 25.9 Å². The van der Waals surface area contributed by atoms with Gasteiger partial charge in [-0.05, 0) is 44.1 Å². The van der Waals surface area contributed by atoms with Crippen molar-refractivity contribution < 1.29 is 4.74 Å². The Morgan fingerprint density at radius 2 is 2.19 bits per heavy atom. The molecule has 31 heavy (non-hydrogen) atoms. The third-order valence-electron chi connectivity index (χ3n) is 7.11. The average Bonchev–Trinajstić information content (AvgIpc) is 3.14. The Morgan fingerprint density at radius 3 is 3.03 bits per heavy atom. The number of nitrogens with zero attached hydrogens (tertiary/aromatic N) is 4. The number of rotatable bonds is 5. The normalized spacial score (nSPS) is 28.2. The molecule has 1 saturated heterocycles. The predicted octanol–water partition coefficient (Wildman–Crippen LogP) is 1.99. The molecule has 2 aliphatic carbocycles. The molecule has 4 aliphatic rings. The largest absolute Gasteiger partial charge is 0.372 e. The highest BCUT2D eigenvalue weighted by Crippen LogP contribution is 2.48. The fourth-order valence-corrected chi connectivity index (χ4v) is 5.10. The number of ether oxygens (including phenoxy) is 1. The van der Waals surface area contributed by atoms with Gasteiger partial charge in [0, 0.05) is 54.1 Å². The molecule has 2 unspecified atom stereocenters. The molecule has 2 fully saturated rings. The molecule has 168 valence electrons. The quantitative estimate of drug-likeness (QED) is 0.710. The summed E-state index contributed by atoms with van der Waals surface area (Å²) in [6.07, 6.45) is 15.2. The van der Waals surface area contributed by atoms with Crippen molar-refractivity contribution in [2.24, 2.45) is 21.7 Å². The van der Waals surface area contributed by atoms with Gasteiger partial charge < -0.3 is 14.6 Å². The number of fused-ring (bicyclic) bond motifs is 1. The molecule has 0 radical (unpaired) electrons. The Morgan fingerprint density at radius 1 is 1.26 bits per heavy atom. The molecular formula is C24H36N6O. The van der Waals surface area contributed by atoms with Crippen LogP contribution in [-0.4, -0.2) is 66.9 Å². The van der Waals surface area contributed by atoms with Crippen LogP contribution in [-0.2, 0) is 4.74 Å². The third kappa shape index (κ3) is 5.04. The van der Waals surface area contributed by atoms with E-state index in [0.29, 0.717) is 24.7 Å². The summed E-state index contributed by atoms with van der Waals surface area (Å²) in [6, 6.07) is 2.52. The number of nitrogens with one attached hydrogen (secondary N) is 2. The highest BCUT2D eigenvalue weighted by atomic mass is 16.5. The fourth-order valence-electron chi connectivity index (χ4n) is 5.10. The SMILES string of the molecule is CC1C=CCCC(N2CCN(COCC3CN=NN3)CC3(CC3)C2)=c2cc[nH]c2=CC1. The summed E-state index contributed by atoms with van der Waals surface area (Å²) >= 11 is 0. The van der Waals surface area contributed by atoms with E-state index in [-0.39, 0.29) is 6.04 Å². The summed E-state index contributed by atoms with van der Waals surface area (Å²) < 4.78 is 6.03. The van der Waals surface area contributed by atoms with Crippen LogP contribution in [0.3, 0.4) is 0 Å². The van der Waals surface area contributed by atoms with Crippen molar-refractivity contribution in [2.45, 2.75) is 45.1 Å². The molecule has 1 aromatic heterocycles. The van der Waals surface area contributed by atoms with Crippen LogP contribution in [0.1, 0.15) is 39.0 Å². The molecule has 1 aromatic rings. The van der Waals surface area contributed by atoms with Gasteiger partial charge in [0.25, 0.3) is 0 Å². The van der Waals surface area contributed by atoms with Gasteiger partial charge in [0.2, 0.25) is 0 Å². The topological polar surface area (TPSA) is 68.2 Å². The molecule has 7 nitrogen and oxygen atoms in total. The Bertz CT molecular complexity index is 922. The minimum Gasteiger partial charge on any atom is -0.372 e. The van der Waals surface area contributed by atoms with Gasteiger partial charge in [-0.3, -0.25) is 10.3 Å². The van der Waals surface area contributed by atoms with E-state index in [1.807, 2.05) is 0 Å². The van der Waals surface area contributed by atoms with Gasteiger partial charge in [-0.1, -0.05) is 30.4 Å². The molecule has 7 heteroatoms. The second-order valence-electron chi connectivity index (χ2n) is 9.86. The summed E-state index contributed by atoms with van der Waals surface area (Å²) in [5.74, 6) is 0.598. The number of hydrogen-bond donors (Lipinski definition) is 2. The van der Waals surface area contributed by atoms with E-state index in [1.54, 1.807) is 0 Å². The van der Waals surface area contributed by atoms with Gasteiger partial charge in [-0.25, -0.2) is 0 Å². The van der Waals surface area contributed by atoms with E-state index in [9.17, 15) is 0 Å². The van der Waals surface area contributed by atoms with Crippen LogP contribution in [0.4, 0.5) is 0 Å². The first kappa shape index (κ1) is 20.8. The molecule has 2 aliphatic heterocycles. The number of hydrogen-bond acceptors (Lipinski definition) is 6. The average molecular weight is 425 g/mol. The highest BCUT2D eigenvalue weighted by molar-refractivity contribution is 5.45. The van der Waals surface area contributed by atoms with Crippen molar-refractivity contribution in [1.82, 2.24) is 20.2 Å². The van der Waals surface area contributed by atoms with E-state index in [1.165, 1.54) is 35.7 Å². The number of H-pyrrole nitrogens is 1. The molecule has 2 atom stereocenters. The number of allylic oxidation sites excluding steroid dienone is 2. The molecule has 5 rings (SSSR count). The standard InChI is InChI=1S/C24H36N6O/c1-19-4-2-3-5-23(21-8-11-25-22(21)7-6-19)30-13-12-29(16-24(17-30)9-10-24)18-31-15-20-14-26-28-27-20/h2,4,7-8,11,19-20,25H,3,5-6,9-10,12-18H2,1H3,(H,26,27). The summed E-state index contributed by atoms with van der Waals surface area (Å²) in [5, 5.41) is 10.5. The molecular weight excluding hydrogens is 388 g/mol. The van der Waals surface area contributed by atoms with Crippen LogP contribution >= 0.6 is 0 Å². The van der Waals surface area contributed by atoms with Crippen molar-refractivity contribution >= 4 is 11.8 Å². The van der Waals surface area contributed by atoms with Crippen molar-refractivity contribution in [1.29, 1.82) is 0 Å². The Hall–Kier alpha value is -2.12. The zero-order valence-corrected chi connectivity index (χ0v) is 18.7. The van der Waals surface area contributed by atoms with E-state index < -0.39 is 0 Å². The van der Waals surface area contributed by atoms with E-state index in [0.717, 1.165) is 45.4 Å². The Kier molecular flexibility index (Phi) is 6.14. The zero-order chi connectivity index (χ0) is 21.1. The highest BCUT2D eigenvalue weighted by Gasteiger charge is 2.46. The lowest BCUT2D eigenvalue weighted by molar-refractivity contribution is 0.0164. The fraction of sp³-hybridized carbons (Fsp3) is 0.667. The Balaban J connectivity index is 1.32. The lowest BCUT2D eigenvalue weighted by Gasteiger charge is -2.28. The van der Waals surface area contributed by atoms with Gasteiger partial charge in [-0.2, -0.15) is 5.11 Å². The van der Waals surface area contributed by atoms with Crippen LogP contribution in [0.5, 0.6) is 0 Å². The second kappa shape index (κ2) is 9.17. The lowest BCUT2D eigenvalue weighted by Crippen LogP contribution is -2.37. The van der Waals surface area contributed by atoms with Crippen molar-refractivity contribution in [3.05, 3.63) is 35.0 Å². The van der Waals surface area contributed by atoms with Crippen LogP contribution < -0.4 is 16.0 Å². The zero-order valence-electron chi connectivity index (χ0n) is 18.7. The molecule has 2 N–H and O–H groups in total. The van der Waals surface area contributed by atoms with E-state index in [2.05, 4.69) is 68.0 Å². The summed E-state index contributed by atoms with van der Waals surface area (Å²) in [7, 11) is 0. The summed E-state index contributed by atoms with van der Waals surface area (Å²) in [5.41, 5.74) is 4.95. The van der Waals surface area contributed by atoms with Crippen LogP contribution in [0, 0.1) is 11.3 Å². The minimum atomic E-state index is 0.232. The van der Waals surface area contributed by atoms with Gasteiger partial charge in [0.1, 0.15) is 0 Å². The maximum atomic E-state index is 6.03.